The van der Waals surface area contributed by atoms with Gasteiger partial charge in [-0.1, -0.05) is 78.4 Å². The quantitative estimate of drug-likeness (QED) is 0.175. The molecule has 0 aliphatic carbocycles. The van der Waals surface area contributed by atoms with E-state index in [0.29, 0.717) is 9.50 Å². The number of phenols is 1. The normalized spacial score (nSPS) is 11.7. The Morgan fingerprint density at radius 3 is 2.58 bits per heavy atom. The van der Waals surface area contributed by atoms with Crippen molar-refractivity contribution in [1.82, 2.24) is 4.57 Å². The van der Waals surface area contributed by atoms with Crippen LogP contribution in [-0.4, -0.2) is 15.5 Å². The summed E-state index contributed by atoms with van der Waals surface area (Å²) >= 11 is 9.19. The lowest BCUT2D eigenvalue weighted by Crippen LogP contribution is -1.97. The molecule has 5 heteroatoms. The summed E-state index contributed by atoms with van der Waals surface area (Å²) in [5.41, 5.74) is 3.61. The summed E-state index contributed by atoms with van der Waals surface area (Å²) in [7, 11) is 0. The standard InChI is InChI=1S/C26H19BrClNO2/c27-23-15-20(28)14-22(26(23)31)25(30)13-7-4-10-19-17-29(16-18-8-2-1-3-9-18)24-12-6-5-11-21(19)24/h1-15,17,31H,16H2/b10-4+,13-7+. The van der Waals surface area contributed by atoms with Crippen LogP contribution in [0, 0.1) is 0 Å². The second-order valence-corrected chi connectivity index (χ2v) is 8.37. The van der Waals surface area contributed by atoms with Gasteiger partial charge in [0.25, 0.3) is 0 Å². The molecule has 0 fully saturated rings. The van der Waals surface area contributed by atoms with Gasteiger partial charge in [0.1, 0.15) is 5.75 Å². The minimum atomic E-state index is -0.322. The van der Waals surface area contributed by atoms with Crippen molar-refractivity contribution >= 4 is 50.3 Å². The van der Waals surface area contributed by atoms with Crippen molar-refractivity contribution in [3.8, 4) is 5.75 Å². The number of carbonyl (C=O) groups excluding carboxylic acids is 1. The van der Waals surface area contributed by atoms with Crippen LogP contribution in [0.1, 0.15) is 21.5 Å². The third-order valence-corrected chi connectivity index (χ3v) is 5.77. The Morgan fingerprint density at radius 1 is 1.03 bits per heavy atom. The first-order chi connectivity index (χ1) is 15.0. The van der Waals surface area contributed by atoms with E-state index in [9.17, 15) is 9.90 Å². The highest BCUT2D eigenvalue weighted by Gasteiger charge is 2.12. The second kappa shape index (κ2) is 9.38. The summed E-state index contributed by atoms with van der Waals surface area (Å²) in [4.78, 5) is 12.4. The number of benzene rings is 3. The predicted octanol–water partition coefficient (Wildman–Crippen LogP) is 7.26. The highest BCUT2D eigenvalue weighted by Crippen LogP contribution is 2.32. The Balaban J connectivity index is 1.57. The van der Waals surface area contributed by atoms with Crippen molar-refractivity contribution in [3.05, 3.63) is 117 Å². The lowest BCUT2D eigenvalue weighted by molar-refractivity contribution is 0.104. The molecule has 0 saturated carbocycles. The highest BCUT2D eigenvalue weighted by molar-refractivity contribution is 9.10. The number of allylic oxidation sites excluding steroid dienone is 3. The van der Waals surface area contributed by atoms with E-state index in [1.807, 2.05) is 42.5 Å². The van der Waals surface area contributed by atoms with E-state index in [4.69, 9.17) is 11.6 Å². The fourth-order valence-electron chi connectivity index (χ4n) is 3.46. The molecule has 31 heavy (non-hydrogen) atoms. The first kappa shape index (κ1) is 21.2. The number of hydrogen-bond donors (Lipinski definition) is 1. The topological polar surface area (TPSA) is 42.2 Å². The first-order valence-electron chi connectivity index (χ1n) is 9.72. The SMILES string of the molecule is O=C(/C=C/C=C/c1cn(Cc2ccccc2)c2ccccc12)c1cc(Cl)cc(Br)c1O. The van der Waals surface area contributed by atoms with Crippen molar-refractivity contribution in [2.24, 2.45) is 0 Å². The Morgan fingerprint density at radius 2 is 1.77 bits per heavy atom. The van der Waals surface area contributed by atoms with Crippen LogP contribution >= 0.6 is 27.5 Å². The van der Waals surface area contributed by atoms with Crippen LogP contribution in [0.3, 0.4) is 0 Å². The number of phenolic OH excluding ortho intramolecular Hbond substituents is 1. The van der Waals surface area contributed by atoms with E-state index < -0.39 is 0 Å². The molecule has 1 heterocycles. The third-order valence-electron chi connectivity index (χ3n) is 4.94. The zero-order chi connectivity index (χ0) is 21.8. The molecule has 1 aromatic heterocycles. The Kier molecular flexibility index (Phi) is 6.40. The molecular formula is C26H19BrClNO2. The molecule has 0 aliphatic rings. The van der Waals surface area contributed by atoms with Gasteiger partial charge in [0.2, 0.25) is 0 Å². The predicted molar refractivity (Wildman–Crippen MR) is 131 cm³/mol. The van der Waals surface area contributed by atoms with Crippen LogP contribution in [0.25, 0.3) is 17.0 Å². The zero-order valence-corrected chi connectivity index (χ0v) is 18.8. The minimum absolute atomic E-state index is 0.119. The molecule has 0 aliphatic heterocycles. The maximum atomic E-state index is 12.4. The Hall–Kier alpha value is -3.08. The van der Waals surface area contributed by atoms with Crippen molar-refractivity contribution in [3.63, 3.8) is 0 Å². The van der Waals surface area contributed by atoms with E-state index in [0.717, 1.165) is 23.0 Å². The molecule has 4 rings (SSSR count). The number of para-hydroxylation sites is 1. The van der Waals surface area contributed by atoms with Gasteiger partial charge in [-0.05, 0) is 51.3 Å². The average molecular weight is 493 g/mol. The molecule has 3 nitrogen and oxygen atoms in total. The van der Waals surface area contributed by atoms with Crippen LogP contribution in [-0.2, 0) is 6.54 Å². The van der Waals surface area contributed by atoms with Crippen molar-refractivity contribution < 1.29 is 9.90 Å². The maximum Gasteiger partial charge on any atom is 0.189 e. The van der Waals surface area contributed by atoms with E-state index >= 15 is 0 Å². The van der Waals surface area contributed by atoms with Crippen LogP contribution in [0.15, 0.2) is 95.6 Å². The maximum absolute atomic E-state index is 12.4. The number of ketones is 1. The Labute approximate surface area is 194 Å². The molecule has 154 valence electrons. The van der Waals surface area contributed by atoms with Gasteiger partial charge in [0, 0.05) is 28.7 Å². The van der Waals surface area contributed by atoms with Crippen LogP contribution in [0.2, 0.25) is 5.02 Å². The van der Waals surface area contributed by atoms with Crippen molar-refractivity contribution in [2.45, 2.75) is 6.54 Å². The van der Waals surface area contributed by atoms with Gasteiger partial charge >= 0.3 is 0 Å². The highest BCUT2D eigenvalue weighted by atomic mass is 79.9. The molecular weight excluding hydrogens is 474 g/mol. The smallest absolute Gasteiger partial charge is 0.189 e. The average Bonchev–Trinajstić information content (AvgIpc) is 3.12. The van der Waals surface area contributed by atoms with E-state index in [-0.39, 0.29) is 17.1 Å². The summed E-state index contributed by atoms with van der Waals surface area (Å²) in [6, 6.07) is 21.6. The molecule has 0 atom stereocenters. The zero-order valence-electron chi connectivity index (χ0n) is 16.5. The van der Waals surface area contributed by atoms with Gasteiger partial charge in [-0.15, -0.1) is 0 Å². The van der Waals surface area contributed by atoms with Crippen LogP contribution in [0.4, 0.5) is 0 Å². The van der Waals surface area contributed by atoms with E-state index in [2.05, 4.69) is 51.0 Å². The van der Waals surface area contributed by atoms with Gasteiger partial charge < -0.3 is 9.67 Å². The molecule has 0 unspecified atom stereocenters. The number of aromatic nitrogens is 1. The van der Waals surface area contributed by atoms with Gasteiger partial charge in [-0.3, -0.25) is 4.79 Å². The molecule has 0 bridgehead atoms. The number of fused-ring (bicyclic) bond motifs is 1. The lowest BCUT2D eigenvalue weighted by Gasteiger charge is -2.05. The monoisotopic (exact) mass is 491 g/mol. The van der Waals surface area contributed by atoms with Gasteiger partial charge in [-0.25, -0.2) is 0 Å². The summed E-state index contributed by atoms with van der Waals surface area (Å²) < 4.78 is 2.61. The first-order valence-corrected chi connectivity index (χ1v) is 10.9. The molecule has 3 aromatic carbocycles. The molecule has 0 amide bonds. The number of nitrogens with zero attached hydrogens (tertiary/aromatic N) is 1. The largest absolute Gasteiger partial charge is 0.506 e. The number of rotatable bonds is 6. The van der Waals surface area contributed by atoms with Crippen molar-refractivity contribution in [1.29, 1.82) is 0 Å². The molecule has 0 saturated heterocycles. The fourth-order valence-corrected chi connectivity index (χ4v) is 4.27. The van der Waals surface area contributed by atoms with Crippen molar-refractivity contribution in [2.75, 3.05) is 0 Å². The van der Waals surface area contributed by atoms with Crippen LogP contribution in [0.5, 0.6) is 5.75 Å². The third kappa shape index (κ3) is 4.82. The summed E-state index contributed by atoms with van der Waals surface area (Å²) in [5, 5.41) is 11.6. The second-order valence-electron chi connectivity index (χ2n) is 7.08. The Bertz CT molecular complexity index is 1310. The fraction of sp³-hybridized carbons (Fsp3) is 0.0385. The number of aromatic hydroxyl groups is 1. The van der Waals surface area contributed by atoms with E-state index in [1.165, 1.54) is 17.7 Å². The van der Waals surface area contributed by atoms with E-state index in [1.54, 1.807) is 12.1 Å². The molecule has 4 aromatic rings. The summed E-state index contributed by atoms with van der Waals surface area (Å²) in [6.07, 6.45) is 8.99. The van der Waals surface area contributed by atoms with Crippen LogP contribution < -0.4 is 0 Å². The molecule has 0 spiro atoms. The number of carbonyl (C=O) groups is 1. The minimum Gasteiger partial charge on any atom is -0.506 e. The van der Waals surface area contributed by atoms with Gasteiger partial charge in [-0.2, -0.15) is 0 Å². The summed E-state index contributed by atoms with van der Waals surface area (Å²) in [6.45, 7) is 0.784. The number of hydrogen-bond acceptors (Lipinski definition) is 2. The van der Waals surface area contributed by atoms with Gasteiger partial charge in [0.15, 0.2) is 5.78 Å². The molecule has 1 N–H and O–H groups in total. The lowest BCUT2D eigenvalue weighted by atomic mass is 10.1. The van der Waals surface area contributed by atoms with Gasteiger partial charge in [0.05, 0.1) is 10.0 Å². The molecule has 0 radical (unpaired) electrons. The number of halogens is 2. The summed E-state index contributed by atoms with van der Waals surface area (Å²) in [5.74, 6) is -0.441.